The first-order valence-electron chi connectivity index (χ1n) is 6.40. The maximum Gasteiger partial charge on any atom is 0.242 e. The highest BCUT2D eigenvalue weighted by molar-refractivity contribution is 5.95. The molecular weight excluding hydrogens is 230 g/mol. The Morgan fingerprint density at radius 3 is 2.94 bits per heavy atom. The highest BCUT2D eigenvalue weighted by atomic mass is 16.2. The summed E-state index contributed by atoms with van der Waals surface area (Å²) in [6.07, 6.45) is 2.65. The van der Waals surface area contributed by atoms with Gasteiger partial charge >= 0.3 is 0 Å². The Hall–Kier alpha value is -1.40. The molecule has 1 aliphatic rings. The van der Waals surface area contributed by atoms with E-state index in [1.807, 2.05) is 20.2 Å². The van der Waals surface area contributed by atoms with Crippen molar-refractivity contribution in [1.82, 2.24) is 20.4 Å². The number of aromatic nitrogens is 2. The van der Waals surface area contributed by atoms with Crippen LogP contribution in [0.15, 0.2) is 6.20 Å². The maximum absolute atomic E-state index is 12.1. The van der Waals surface area contributed by atoms with Crippen LogP contribution >= 0.6 is 0 Å². The third-order valence-electron chi connectivity index (χ3n) is 3.16. The molecule has 2 atom stereocenters. The first-order valence-corrected chi connectivity index (χ1v) is 6.40. The maximum atomic E-state index is 12.1. The van der Waals surface area contributed by atoms with Crippen molar-refractivity contribution in [2.75, 3.05) is 18.4 Å². The molecular formula is C12H21N5O. The van der Waals surface area contributed by atoms with Crippen LogP contribution in [0.25, 0.3) is 0 Å². The van der Waals surface area contributed by atoms with Crippen LogP contribution in [0, 0.1) is 0 Å². The molecule has 6 heteroatoms. The Morgan fingerprint density at radius 2 is 2.33 bits per heavy atom. The number of anilines is 1. The van der Waals surface area contributed by atoms with Crippen molar-refractivity contribution in [3.63, 3.8) is 0 Å². The highest BCUT2D eigenvalue weighted by Gasteiger charge is 2.24. The summed E-state index contributed by atoms with van der Waals surface area (Å²) in [5.41, 5.74) is 1.73. The fourth-order valence-corrected chi connectivity index (χ4v) is 2.09. The summed E-state index contributed by atoms with van der Waals surface area (Å²) in [4.78, 5) is 12.1. The average molecular weight is 251 g/mol. The molecule has 0 aliphatic carbocycles. The van der Waals surface area contributed by atoms with Gasteiger partial charge in [0, 0.05) is 32.4 Å². The van der Waals surface area contributed by atoms with Gasteiger partial charge in [-0.25, -0.2) is 0 Å². The largest absolute Gasteiger partial charge is 0.322 e. The van der Waals surface area contributed by atoms with Gasteiger partial charge in [0.1, 0.15) is 0 Å². The van der Waals surface area contributed by atoms with E-state index in [1.165, 1.54) is 0 Å². The molecule has 1 aliphatic heterocycles. The van der Waals surface area contributed by atoms with Crippen LogP contribution < -0.4 is 16.0 Å². The number of hydrogen-bond acceptors (Lipinski definition) is 4. The zero-order chi connectivity index (χ0) is 13.1. The van der Waals surface area contributed by atoms with E-state index in [-0.39, 0.29) is 11.9 Å². The number of nitrogens with zero attached hydrogens (tertiary/aromatic N) is 2. The predicted molar refractivity (Wildman–Crippen MR) is 70.5 cm³/mol. The second-order valence-corrected chi connectivity index (χ2v) is 4.78. The number of amides is 1. The highest BCUT2D eigenvalue weighted by Crippen LogP contribution is 2.14. The van der Waals surface area contributed by atoms with E-state index in [9.17, 15) is 4.79 Å². The molecule has 0 aromatic carbocycles. The van der Waals surface area contributed by atoms with E-state index in [0.717, 1.165) is 24.3 Å². The van der Waals surface area contributed by atoms with Gasteiger partial charge in [-0.05, 0) is 13.3 Å². The van der Waals surface area contributed by atoms with E-state index < -0.39 is 0 Å². The van der Waals surface area contributed by atoms with Gasteiger partial charge in [-0.1, -0.05) is 6.92 Å². The SMILES string of the molecule is CCc1nn(C)cc1NC(=O)C1CNC(C)CN1. The predicted octanol–water partition coefficient (Wildman–Crippen LogP) is -0.129. The molecule has 1 saturated heterocycles. The average Bonchev–Trinajstić information content (AvgIpc) is 2.70. The van der Waals surface area contributed by atoms with Gasteiger partial charge in [0.25, 0.3) is 0 Å². The molecule has 1 aromatic heterocycles. The van der Waals surface area contributed by atoms with E-state index in [0.29, 0.717) is 12.6 Å². The van der Waals surface area contributed by atoms with Crippen LogP contribution in [0.3, 0.4) is 0 Å². The molecule has 2 unspecified atom stereocenters. The Bertz CT molecular complexity index is 420. The lowest BCUT2D eigenvalue weighted by Crippen LogP contribution is -2.57. The zero-order valence-electron chi connectivity index (χ0n) is 11.2. The minimum absolute atomic E-state index is 0.00269. The number of rotatable bonds is 3. The quantitative estimate of drug-likeness (QED) is 0.700. The molecule has 2 heterocycles. The molecule has 0 radical (unpaired) electrons. The van der Waals surface area contributed by atoms with Crippen LogP contribution in [0.4, 0.5) is 5.69 Å². The van der Waals surface area contributed by atoms with Crippen molar-refractivity contribution in [3.8, 4) is 0 Å². The van der Waals surface area contributed by atoms with Gasteiger partial charge in [0.2, 0.25) is 5.91 Å². The van der Waals surface area contributed by atoms with Crippen LogP contribution in [0.5, 0.6) is 0 Å². The van der Waals surface area contributed by atoms with E-state index >= 15 is 0 Å². The Balaban J connectivity index is 1.98. The normalized spacial score (nSPS) is 23.9. The molecule has 18 heavy (non-hydrogen) atoms. The molecule has 1 fully saturated rings. The van der Waals surface area contributed by atoms with Crippen LogP contribution in [0.2, 0.25) is 0 Å². The van der Waals surface area contributed by atoms with Gasteiger partial charge in [-0.3, -0.25) is 9.48 Å². The summed E-state index contributed by atoms with van der Waals surface area (Å²) in [5.74, 6) is -0.00269. The van der Waals surface area contributed by atoms with E-state index in [2.05, 4.69) is 28.0 Å². The molecule has 0 bridgehead atoms. The number of carbonyl (C=O) groups excluding carboxylic acids is 1. The van der Waals surface area contributed by atoms with Gasteiger partial charge < -0.3 is 16.0 Å². The summed E-state index contributed by atoms with van der Waals surface area (Å²) in [7, 11) is 1.86. The van der Waals surface area contributed by atoms with Gasteiger partial charge in [0.15, 0.2) is 0 Å². The molecule has 3 N–H and O–H groups in total. The fraction of sp³-hybridized carbons (Fsp3) is 0.667. The summed E-state index contributed by atoms with van der Waals surface area (Å²) in [5, 5.41) is 13.8. The van der Waals surface area contributed by atoms with Crippen molar-refractivity contribution >= 4 is 11.6 Å². The number of aryl methyl sites for hydroxylation is 2. The van der Waals surface area contributed by atoms with Gasteiger partial charge in [-0.15, -0.1) is 0 Å². The van der Waals surface area contributed by atoms with Crippen LogP contribution in [-0.4, -0.2) is 40.9 Å². The molecule has 100 valence electrons. The summed E-state index contributed by atoms with van der Waals surface area (Å²) < 4.78 is 1.73. The molecule has 6 nitrogen and oxygen atoms in total. The first-order chi connectivity index (χ1) is 8.60. The summed E-state index contributed by atoms with van der Waals surface area (Å²) in [6, 6.07) is 0.241. The third-order valence-corrected chi connectivity index (χ3v) is 3.16. The lowest BCUT2D eigenvalue weighted by atomic mass is 10.1. The Kier molecular flexibility index (Phi) is 3.98. The van der Waals surface area contributed by atoms with Crippen LogP contribution in [0.1, 0.15) is 19.5 Å². The van der Waals surface area contributed by atoms with Crippen molar-refractivity contribution in [2.45, 2.75) is 32.4 Å². The minimum atomic E-state index is -0.175. The first kappa shape index (κ1) is 13.0. The second-order valence-electron chi connectivity index (χ2n) is 4.78. The molecule has 0 spiro atoms. The van der Waals surface area contributed by atoms with Crippen molar-refractivity contribution in [1.29, 1.82) is 0 Å². The third kappa shape index (κ3) is 2.88. The number of nitrogens with one attached hydrogen (secondary N) is 3. The second kappa shape index (κ2) is 5.49. The number of piperazine rings is 1. The lowest BCUT2D eigenvalue weighted by Gasteiger charge is -2.28. The zero-order valence-corrected chi connectivity index (χ0v) is 11.2. The summed E-state index contributed by atoms with van der Waals surface area (Å²) >= 11 is 0. The van der Waals surface area contributed by atoms with Crippen molar-refractivity contribution in [3.05, 3.63) is 11.9 Å². The Labute approximate surface area is 107 Å². The number of carbonyl (C=O) groups is 1. The van der Waals surface area contributed by atoms with Gasteiger partial charge in [0.05, 0.1) is 17.4 Å². The fourth-order valence-electron chi connectivity index (χ4n) is 2.09. The Morgan fingerprint density at radius 1 is 1.56 bits per heavy atom. The van der Waals surface area contributed by atoms with Gasteiger partial charge in [-0.2, -0.15) is 5.10 Å². The lowest BCUT2D eigenvalue weighted by molar-refractivity contribution is -0.118. The molecule has 0 saturated carbocycles. The topological polar surface area (TPSA) is 71.0 Å². The summed E-state index contributed by atoms with van der Waals surface area (Å²) in [6.45, 7) is 5.60. The standard InChI is InChI=1S/C12H21N5O/c1-4-9-11(7-17(3)16-9)15-12(18)10-6-13-8(2)5-14-10/h7-8,10,13-14H,4-6H2,1-3H3,(H,15,18). The smallest absolute Gasteiger partial charge is 0.242 e. The van der Waals surface area contributed by atoms with E-state index in [4.69, 9.17) is 0 Å². The monoisotopic (exact) mass is 251 g/mol. The molecule has 1 amide bonds. The number of hydrogen-bond donors (Lipinski definition) is 3. The van der Waals surface area contributed by atoms with Crippen molar-refractivity contribution < 1.29 is 4.79 Å². The van der Waals surface area contributed by atoms with Crippen molar-refractivity contribution in [2.24, 2.45) is 7.05 Å². The minimum Gasteiger partial charge on any atom is -0.322 e. The van der Waals surface area contributed by atoms with Crippen LogP contribution in [-0.2, 0) is 18.3 Å². The molecule has 2 rings (SSSR count). The molecule has 1 aromatic rings. The van der Waals surface area contributed by atoms with E-state index in [1.54, 1.807) is 4.68 Å².